The zero-order valence-corrected chi connectivity index (χ0v) is 26.2. The fourth-order valence-corrected chi connectivity index (χ4v) is 6.82. The van der Waals surface area contributed by atoms with E-state index < -0.39 is 9.84 Å². The highest BCUT2D eigenvalue weighted by atomic mass is 79.9. The molecule has 1 aliphatic heterocycles. The summed E-state index contributed by atoms with van der Waals surface area (Å²) >= 11 is 3.37. The van der Waals surface area contributed by atoms with Crippen molar-refractivity contribution in [3.63, 3.8) is 0 Å². The van der Waals surface area contributed by atoms with Crippen LogP contribution < -0.4 is 0 Å². The molecule has 1 saturated heterocycles. The topological polar surface area (TPSA) is 70.8 Å². The lowest BCUT2D eigenvalue weighted by Crippen LogP contribution is -2.36. The molecule has 0 saturated carbocycles. The van der Waals surface area contributed by atoms with Gasteiger partial charge in [0.25, 0.3) is 0 Å². The Bertz CT molecular complexity index is 1680. The van der Waals surface area contributed by atoms with Gasteiger partial charge in [-0.05, 0) is 92.0 Å². The van der Waals surface area contributed by atoms with Crippen molar-refractivity contribution >= 4 is 37.5 Å². The van der Waals surface area contributed by atoms with Crippen LogP contribution in [0.25, 0.3) is 11.7 Å². The number of hydrogen-bond acceptors (Lipinski definition) is 6. The quantitative estimate of drug-likeness (QED) is 0.200. The fourth-order valence-electron chi connectivity index (χ4n) is 5.09. The predicted octanol–water partition coefficient (Wildman–Crippen LogP) is 6.87. The molecule has 214 valence electrons. The van der Waals surface area contributed by atoms with E-state index in [0.717, 1.165) is 41.0 Å². The lowest BCUT2D eigenvalue weighted by molar-refractivity contribution is 0.127. The summed E-state index contributed by atoms with van der Waals surface area (Å²) in [4.78, 5) is 13.8. The average molecular weight is 635 g/mol. The summed E-state index contributed by atoms with van der Waals surface area (Å²) in [5, 5.41) is 0. The van der Waals surface area contributed by atoms with E-state index in [1.807, 2.05) is 24.2 Å². The molecule has 0 unspecified atom stereocenters. The largest absolute Gasteiger partial charge is 0.349 e. The SMILES string of the molecule is C=CN(/C=C\c1c(C)cncc1S(=O)(=O)c1ccc(Br)cc1)Cc1cn2cc(CN3CCC(C)(C)CC3)ccc2n1. The van der Waals surface area contributed by atoms with Gasteiger partial charge in [0, 0.05) is 47.6 Å². The molecule has 0 N–H and O–H groups in total. The highest BCUT2D eigenvalue weighted by Gasteiger charge is 2.25. The van der Waals surface area contributed by atoms with Gasteiger partial charge in [-0.25, -0.2) is 13.4 Å². The number of fused-ring (bicyclic) bond motifs is 1. The molecular weight excluding hydrogens is 598 g/mol. The van der Waals surface area contributed by atoms with Crippen molar-refractivity contribution in [2.24, 2.45) is 5.41 Å². The number of benzene rings is 1. The van der Waals surface area contributed by atoms with E-state index in [1.54, 1.807) is 42.7 Å². The standard InChI is InChI=1S/C32H36BrN5O2S/c1-5-36(15-12-29-24(2)18-34-19-30(29)41(39,40)28-9-7-26(33)8-10-28)22-27-23-38-21-25(6-11-31(38)35-27)20-37-16-13-32(3,4)14-17-37/h5-12,15,18-19,21,23H,1,13-14,16-17,20,22H2,2-4H3/b15-12-. The van der Waals surface area contributed by atoms with Crippen molar-refractivity contribution in [1.82, 2.24) is 24.2 Å². The van der Waals surface area contributed by atoms with Crippen molar-refractivity contribution < 1.29 is 8.42 Å². The summed E-state index contributed by atoms with van der Waals surface area (Å²) in [6.45, 7) is 14.2. The van der Waals surface area contributed by atoms with Crippen LogP contribution in [-0.2, 0) is 22.9 Å². The first-order valence-corrected chi connectivity index (χ1v) is 16.0. The van der Waals surface area contributed by atoms with Gasteiger partial charge in [0.05, 0.1) is 22.0 Å². The van der Waals surface area contributed by atoms with Gasteiger partial charge < -0.3 is 9.30 Å². The molecule has 1 fully saturated rings. The van der Waals surface area contributed by atoms with Crippen LogP contribution in [0.4, 0.5) is 0 Å². The van der Waals surface area contributed by atoms with Crippen LogP contribution in [0, 0.1) is 12.3 Å². The van der Waals surface area contributed by atoms with Crippen LogP contribution in [-0.4, -0.2) is 45.7 Å². The summed E-state index contributed by atoms with van der Waals surface area (Å²) < 4.78 is 29.8. The first-order chi connectivity index (χ1) is 19.5. The van der Waals surface area contributed by atoms with Crippen LogP contribution in [0.5, 0.6) is 0 Å². The van der Waals surface area contributed by atoms with Gasteiger partial charge in [-0.2, -0.15) is 0 Å². The molecule has 5 rings (SSSR count). The van der Waals surface area contributed by atoms with Gasteiger partial charge in [0.1, 0.15) is 5.65 Å². The molecule has 4 aromatic rings. The number of likely N-dealkylation sites (tertiary alicyclic amines) is 1. The summed E-state index contributed by atoms with van der Waals surface area (Å²) in [5.41, 5.74) is 4.85. The molecule has 1 aliphatic rings. The van der Waals surface area contributed by atoms with Crippen LogP contribution in [0.3, 0.4) is 0 Å². The highest BCUT2D eigenvalue weighted by Crippen LogP contribution is 2.30. The van der Waals surface area contributed by atoms with Crippen LogP contribution in [0.15, 0.2) is 94.4 Å². The van der Waals surface area contributed by atoms with Crippen molar-refractivity contribution in [3.05, 3.63) is 107 Å². The van der Waals surface area contributed by atoms with Crippen LogP contribution in [0.1, 0.15) is 49.1 Å². The number of aryl methyl sites for hydroxylation is 1. The maximum absolute atomic E-state index is 13.5. The van der Waals surface area contributed by atoms with E-state index in [1.165, 1.54) is 24.6 Å². The number of aromatic nitrogens is 3. The smallest absolute Gasteiger partial charge is 0.208 e. The Hall–Kier alpha value is -3.27. The van der Waals surface area contributed by atoms with E-state index in [0.29, 0.717) is 17.5 Å². The Morgan fingerprint density at radius 3 is 2.51 bits per heavy atom. The fraction of sp³-hybridized carbons (Fsp3) is 0.312. The van der Waals surface area contributed by atoms with Crippen molar-refractivity contribution in [2.75, 3.05) is 13.1 Å². The molecule has 3 aromatic heterocycles. The van der Waals surface area contributed by atoms with Gasteiger partial charge in [-0.3, -0.25) is 9.88 Å². The molecule has 0 atom stereocenters. The number of imidazole rings is 1. The minimum atomic E-state index is -3.76. The molecule has 4 heterocycles. The van der Waals surface area contributed by atoms with Crippen molar-refractivity contribution in [3.8, 4) is 0 Å². The summed E-state index contributed by atoms with van der Waals surface area (Å²) in [6, 6.07) is 10.9. The maximum Gasteiger partial charge on any atom is 0.208 e. The first-order valence-electron chi connectivity index (χ1n) is 13.7. The van der Waals surface area contributed by atoms with E-state index in [2.05, 4.69) is 69.0 Å². The molecule has 0 amide bonds. The van der Waals surface area contributed by atoms with E-state index >= 15 is 0 Å². The Morgan fingerprint density at radius 2 is 1.80 bits per heavy atom. The lowest BCUT2D eigenvalue weighted by Gasteiger charge is -2.36. The van der Waals surface area contributed by atoms with Gasteiger partial charge >= 0.3 is 0 Å². The molecule has 1 aromatic carbocycles. The third-order valence-electron chi connectivity index (χ3n) is 7.75. The molecule has 0 radical (unpaired) electrons. The number of piperidine rings is 1. The van der Waals surface area contributed by atoms with E-state index in [9.17, 15) is 8.42 Å². The zero-order chi connectivity index (χ0) is 29.2. The van der Waals surface area contributed by atoms with Gasteiger partial charge in [-0.1, -0.05) is 42.4 Å². The second kappa shape index (κ2) is 11.9. The number of nitrogens with zero attached hydrogens (tertiary/aromatic N) is 5. The number of hydrogen-bond donors (Lipinski definition) is 0. The van der Waals surface area contributed by atoms with Crippen LogP contribution >= 0.6 is 15.9 Å². The number of pyridine rings is 2. The first kappa shape index (κ1) is 29.2. The number of sulfone groups is 1. The summed E-state index contributed by atoms with van der Waals surface area (Å²) in [6.07, 6.45) is 15.1. The average Bonchev–Trinajstić information content (AvgIpc) is 3.34. The van der Waals surface area contributed by atoms with Gasteiger partial charge in [0.2, 0.25) is 9.84 Å². The molecule has 0 spiro atoms. The highest BCUT2D eigenvalue weighted by molar-refractivity contribution is 9.10. The monoisotopic (exact) mass is 633 g/mol. The number of halogens is 1. The number of rotatable bonds is 9. The normalized spacial score (nSPS) is 15.9. The third kappa shape index (κ3) is 6.80. The Balaban J connectivity index is 1.33. The van der Waals surface area contributed by atoms with Crippen molar-refractivity contribution in [2.45, 2.75) is 56.5 Å². The predicted molar refractivity (Wildman–Crippen MR) is 167 cm³/mol. The van der Waals surface area contributed by atoms with Gasteiger partial charge in [-0.15, -0.1) is 0 Å². The third-order valence-corrected chi connectivity index (χ3v) is 10.1. The lowest BCUT2D eigenvalue weighted by atomic mass is 9.82. The minimum Gasteiger partial charge on any atom is -0.349 e. The zero-order valence-electron chi connectivity index (χ0n) is 23.8. The second-order valence-corrected chi connectivity index (χ2v) is 14.3. The summed E-state index contributed by atoms with van der Waals surface area (Å²) in [5.74, 6) is 0. The Labute approximate surface area is 251 Å². The van der Waals surface area contributed by atoms with Crippen LogP contribution in [0.2, 0.25) is 0 Å². The molecule has 9 heteroatoms. The Morgan fingerprint density at radius 1 is 1.07 bits per heavy atom. The molecular formula is C32H36BrN5O2S. The van der Waals surface area contributed by atoms with E-state index in [-0.39, 0.29) is 9.79 Å². The van der Waals surface area contributed by atoms with Crippen molar-refractivity contribution in [1.29, 1.82) is 0 Å². The Kier molecular flexibility index (Phi) is 8.50. The maximum atomic E-state index is 13.5. The molecule has 0 bridgehead atoms. The molecule has 0 aliphatic carbocycles. The second-order valence-electron chi connectivity index (χ2n) is 11.5. The summed E-state index contributed by atoms with van der Waals surface area (Å²) in [7, 11) is -3.76. The van der Waals surface area contributed by atoms with E-state index in [4.69, 9.17) is 4.98 Å². The van der Waals surface area contributed by atoms with Gasteiger partial charge in [0.15, 0.2) is 0 Å². The molecule has 7 nitrogen and oxygen atoms in total. The minimum absolute atomic E-state index is 0.164. The molecule has 41 heavy (non-hydrogen) atoms.